The monoisotopic (exact) mass is 183 g/mol. The molecule has 0 saturated carbocycles. The first kappa shape index (κ1) is 9.37. The summed E-state index contributed by atoms with van der Waals surface area (Å²) in [7, 11) is 0. The molecule has 6 heteroatoms. The zero-order valence-electron chi connectivity index (χ0n) is 7.35. The van der Waals surface area contributed by atoms with E-state index in [1.54, 1.807) is 13.8 Å². The topological polar surface area (TPSA) is 78.0 Å². The first-order chi connectivity index (χ1) is 6.07. The Balaban J connectivity index is 3.21. The first-order valence-corrected chi connectivity index (χ1v) is 3.69. The Kier molecular flexibility index (Phi) is 2.41. The van der Waals surface area contributed by atoms with Crippen LogP contribution in [0.1, 0.15) is 11.5 Å². The second kappa shape index (κ2) is 3.34. The van der Waals surface area contributed by atoms with Gasteiger partial charge in [-0.3, -0.25) is 4.57 Å². The van der Waals surface area contributed by atoms with Crippen molar-refractivity contribution >= 4 is 12.1 Å². The normalized spacial score (nSPS) is 10.0. The van der Waals surface area contributed by atoms with E-state index in [1.807, 2.05) is 0 Å². The van der Waals surface area contributed by atoms with E-state index in [4.69, 9.17) is 0 Å². The van der Waals surface area contributed by atoms with Gasteiger partial charge in [0.15, 0.2) is 0 Å². The smallest absolute Gasteiger partial charge is 0.358 e. The van der Waals surface area contributed by atoms with E-state index in [1.165, 1.54) is 4.57 Å². The van der Waals surface area contributed by atoms with Crippen molar-refractivity contribution in [2.45, 2.75) is 20.4 Å². The zero-order chi connectivity index (χ0) is 10.0. The predicted octanol–water partition coefficient (Wildman–Crippen LogP) is 0.607. The summed E-state index contributed by atoms with van der Waals surface area (Å²) in [5.74, 6) is 0.302. The molecule has 0 bridgehead atoms. The number of aromatic nitrogens is 2. The number of aldehydes is 1. The van der Waals surface area contributed by atoms with E-state index in [0.29, 0.717) is 17.8 Å². The fourth-order valence-corrected chi connectivity index (χ4v) is 1.17. The molecule has 1 heterocycles. The van der Waals surface area contributed by atoms with Crippen LogP contribution in [0.2, 0.25) is 0 Å². The van der Waals surface area contributed by atoms with Crippen LogP contribution >= 0.6 is 0 Å². The number of carbonyl (C=O) groups is 1. The largest absolute Gasteiger partial charge is 0.384 e. The summed E-state index contributed by atoms with van der Waals surface area (Å²) in [6, 6.07) is 0. The molecule has 0 saturated heterocycles. The minimum Gasteiger partial charge on any atom is -0.358 e. The molecule has 1 aromatic rings. The molecule has 0 aliphatic rings. The Morgan fingerprint density at radius 1 is 1.62 bits per heavy atom. The van der Waals surface area contributed by atoms with Crippen molar-refractivity contribution < 1.29 is 9.72 Å². The lowest BCUT2D eigenvalue weighted by molar-refractivity contribution is -0.390. The molecule has 0 aliphatic heterocycles. The van der Waals surface area contributed by atoms with Gasteiger partial charge >= 0.3 is 5.82 Å². The average Bonchev–Trinajstić information content (AvgIpc) is 2.32. The Labute approximate surface area is 74.3 Å². The van der Waals surface area contributed by atoms with Crippen molar-refractivity contribution in [3.63, 3.8) is 0 Å². The van der Waals surface area contributed by atoms with E-state index in [9.17, 15) is 14.9 Å². The van der Waals surface area contributed by atoms with Crippen LogP contribution in [0.15, 0.2) is 0 Å². The van der Waals surface area contributed by atoms with Gasteiger partial charge in [-0.15, -0.1) is 0 Å². The molecule has 0 radical (unpaired) electrons. The third kappa shape index (κ3) is 1.56. The molecule has 6 nitrogen and oxygen atoms in total. The Morgan fingerprint density at radius 3 is 2.62 bits per heavy atom. The molecular weight excluding hydrogens is 174 g/mol. The van der Waals surface area contributed by atoms with Crippen LogP contribution in [0.4, 0.5) is 5.82 Å². The van der Waals surface area contributed by atoms with Crippen molar-refractivity contribution in [3.05, 3.63) is 21.6 Å². The van der Waals surface area contributed by atoms with E-state index in [0.717, 1.165) is 0 Å². The highest BCUT2D eigenvalue weighted by Gasteiger charge is 2.20. The molecule has 1 rings (SSSR count). The quantitative estimate of drug-likeness (QED) is 0.390. The minimum atomic E-state index is -0.552. The first-order valence-electron chi connectivity index (χ1n) is 3.69. The maximum atomic E-state index is 10.4. The second-order valence-corrected chi connectivity index (χ2v) is 2.60. The van der Waals surface area contributed by atoms with Crippen molar-refractivity contribution in [2.75, 3.05) is 0 Å². The number of hydrogen-bond donors (Lipinski definition) is 0. The summed E-state index contributed by atoms with van der Waals surface area (Å²) in [6.45, 7) is 3.31. The summed E-state index contributed by atoms with van der Waals surface area (Å²) in [5.41, 5.74) is 0.412. The van der Waals surface area contributed by atoms with Gasteiger partial charge in [0.25, 0.3) is 0 Å². The Morgan fingerprint density at radius 2 is 2.23 bits per heavy atom. The molecule has 0 spiro atoms. The van der Waals surface area contributed by atoms with Gasteiger partial charge in [0.1, 0.15) is 12.0 Å². The van der Waals surface area contributed by atoms with Gasteiger partial charge in [-0.1, -0.05) is 0 Å². The van der Waals surface area contributed by atoms with E-state index in [2.05, 4.69) is 4.98 Å². The van der Waals surface area contributed by atoms with Gasteiger partial charge in [-0.2, -0.15) is 0 Å². The standard InChI is InChI=1S/C7H9N3O3/c1-5-7(10(12)13)8-6(2)9(5)3-4-11/h4H,3H2,1-2H3. The lowest BCUT2D eigenvalue weighted by atomic mass is 10.4. The number of hydrogen-bond acceptors (Lipinski definition) is 4. The van der Waals surface area contributed by atoms with Crippen LogP contribution in [-0.4, -0.2) is 20.8 Å². The number of nitro groups is 1. The summed E-state index contributed by atoms with van der Waals surface area (Å²) < 4.78 is 1.51. The summed E-state index contributed by atoms with van der Waals surface area (Å²) in [4.78, 5) is 23.9. The maximum Gasteiger partial charge on any atom is 0.384 e. The molecule has 0 aromatic carbocycles. The van der Waals surface area contributed by atoms with Gasteiger partial charge < -0.3 is 14.9 Å². The molecule has 0 aliphatic carbocycles. The number of carbonyl (C=O) groups excluding carboxylic acids is 1. The fourth-order valence-electron chi connectivity index (χ4n) is 1.17. The molecule has 0 fully saturated rings. The highest BCUT2D eigenvalue weighted by molar-refractivity contribution is 5.50. The van der Waals surface area contributed by atoms with Crippen LogP contribution in [0.25, 0.3) is 0 Å². The van der Waals surface area contributed by atoms with Gasteiger partial charge in [-0.05, 0) is 16.8 Å². The minimum absolute atomic E-state index is 0.110. The van der Waals surface area contributed by atoms with Crippen molar-refractivity contribution in [1.29, 1.82) is 0 Å². The molecule has 1 aromatic heterocycles. The molecule has 70 valence electrons. The van der Waals surface area contributed by atoms with Gasteiger partial charge in [0, 0.05) is 6.92 Å². The summed E-state index contributed by atoms with van der Waals surface area (Å²) >= 11 is 0. The van der Waals surface area contributed by atoms with E-state index >= 15 is 0 Å². The summed E-state index contributed by atoms with van der Waals surface area (Å²) in [6.07, 6.45) is 0.686. The van der Waals surface area contributed by atoms with Crippen LogP contribution in [-0.2, 0) is 11.3 Å². The number of nitrogens with zero attached hydrogens (tertiary/aromatic N) is 3. The van der Waals surface area contributed by atoms with Gasteiger partial charge in [-0.25, -0.2) is 0 Å². The fraction of sp³-hybridized carbons (Fsp3) is 0.429. The molecule has 0 amide bonds. The highest BCUT2D eigenvalue weighted by atomic mass is 16.6. The third-order valence-corrected chi connectivity index (χ3v) is 1.82. The number of rotatable bonds is 3. The van der Waals surface area contributed by atoms with Gasteiger partial charge in [0.05, 0.1) is 6.54 Å². The molecule has 0 atom stereocenters. The molecular formula is C7H9N3O3. The SMILES string of the molecule is Cc1nc([N+](=O)[O-])c(C)n1CC=O. The van der Waals surface area contributed by atoms with Crippen molar-refractivity contribution in [2.24, 2.45) is 0 Å². The Bertz CT molecular complexity index is 356. The van der Waals surface area contributed by atoms with Crippen LogP contribution < -0.4 is 0 Å². The van der Waals surface area contributed by atoms with Gasteiger partial charge in [0.2, 0.25) is 5.82 Å². The Hall–Kier alpha value is -1.72. The molecule has 0 unspecified atom stereocenters. The number of imidazole rings is 1. The van der Waals surface area contributed by atoms with Crippen LogP contribution in [0, 0.1) is 24.0 Å². The predicted molar refractivity (Wildman–Crippen MR) is 44.4 cm³/mol. The highest BCUT2D eigenvalue weighted by Crippen LogP contribution is 2.17. The molecule has 0 N–H and O–H groups in total. The van der Waals surface area contributed by atoms with Crippen molar-refractivity contribution in [3.8, 4) is 0 Å². The lowest BCUT2D eigenvalue weighted by Crippen LogP contribution is -2.03. The van der Waals surface area contributed by atoms with E-state index < -0.39 is 4.92 Å². The van der Waals surface area contributed by atoms with Crippen LogP contribution in [0.3, 0.4) is 0 Å². The maximum absolute atomic E-state index is 10.4. The zero-order valence-corrected chi connectivity index (χ0v) is 7.35. The van der Waals surface area contributed by atoms with E-state index in [-0.39, 0.29) is 12.4 Å². The van der Waals surface area contributed by atoms with Crippen molar-refractivity contribution in [1.82, 2.24) is 9.55 Å². The third-order valence-electron chi connectivity index (χ3n) is 1.82. The molecule has 13 heavy (non-hydrogen) atoms. The second-order valence-electron chi connectivity index (χ2n) is 2.60. The number of aryl methyl sites for hydroxylation is 1. The van der Waals surface area contributed by atoms with Crippen LogP contribution in [0.5, 0.6) is 0 Å². The summed E-state index contributed by atoms with van der Waals surface area (Å²) in [5, 5.41) is 10.4. The lowest BCUT2D eigenvalue weighted by Gasteiger charge is -1.97. The average molecular weight is 183 g/mol.